The van der Waals surface area contributed by atoms with E-state index in [0.29, 0.717) is 16.9 Å². The average Bonchev–Trinajstić information content (AvgIpc) is 2.86. The molecule has 0 saturated heterocycles. The van der Waals surface area contributed by atoms with Gasteiger partial charge >= 0.3 is 5.97 Å². The van der Waals surface area contributed by atoms with E-state index in [1.807, 2.05) is 0 Å². The first-order valence-corrected chi connectivity index (χ1v) is 14.5. The van der Waals surface area contributed by atoms with Gasteiger partial charge in [0.05, 0.1) is 19.1 Å². The van der Waals surface area contributed by atoms with Crippen LogP contribution in [0.1, 0.15) is 109 Å². The fourth-order valence-electron chi connectivity index (χ4n) is 4.27. The zero-order valence-corrected chi connectivity index (χ0v) is 23.1. The Hall–Kier alpha value is -1.60. The molecular weight excluding hydrogens is 462 g/mol. The minimum absolute atomic E-state index is 0.0256. The second kappa shape index (κ2) is 19.6. The third kappa shape index (κ3) is 12.8. The van der Waals surface area contributed by atoms with Gasteiger partial charge in [-0.2, -0.15) is 0 Å². The fourth-order valence-corrected chi connectivity index (χ4v) is 5.27. The van der Waals surface area contributed by atoms with Crippen molar-refractivity contribution in [3.05, 3.63) is 11.6 Å². The standard InChI is InChI=1S/C28H49NO5S/c1-4-5-6-7-8-9-10-11-12-13-14-15-16-17-18-19-22-20-24(30)27(26(33-2)25(22)31)35-21-23(29)28(32)34-3/h20,23,30-31H,4-19,21,29H2,1-3H3/t23-/m0/s1. The third-order valence-corrected chi connectivity index (χ3v) is 7.64. The summed E-state index contributed by atoms with van der Waals surface area (Å²) < 4.78 is 9.99. The highest BCUT2D eigenvalue weighted by Crippen LogP contribution is 2.45. The topological polar surface area (TPSA) is 102 Å². The Morgan fingerprint density at radius 2 is 1.37 bits per heavy atom. The summed E-state index contributed by atoms with van der Waals surface area (Å²) in [7, 11) is 2.74. The van der Waals surface area contributed by atoms with E-state index in [4.69, 9.17) is 10.5 Å². The maximum atomic E-state index is 11.5. The summed E-state index contributed by atoms with van der Waals surface area (Å²) >= 11 is 1.16. The van der Waals surface area contributed by atoms with Crippen LogP contribution in [0, 0.1) is 0 Å². The number of ether oxygens (including phenoxy) is 2. The second-order valence-electron chi connectivity index (χ2n) is 9.41. The molecule has 4 N–H and O–H groups in total. The Balaban J connectivity index is 2.25. The zero-order chi connectivity index (χ0) is 25.9. The summed E-state index contributed by atoms with van der Waals surface area (Å²) in [5.41, 5.74) is 6.45. The number of benzene rings is 1. The van der Waals surface area contributed by atoms with Gasteiger partial charge in [-0.05, 0) is 18.9 Å². The number of unbranched alkanes of at least 4 members (excludes halogenated alkanes) is 14. The van der Waals surface area contributed by atoms with Crippen LogP contribution < -0.4 is 10.5 Å². The molecule has 1 rings (SSSR count). The minimum Gasteiger partial charge on any atom is -0.507 e. The number of carbonyl (C=O) groups excluding carboxylic acids is 1. The molecule has 0 radical (unpaired) electrons. The van der Waals surface area contributed by atoms with Crippen LogP contribution in [0.5, 0.6) is 17.2 Å². The van der Waals surface area contributed by atoms with Crippen molar-refractivity contribution in [1.82, 2.24) is 0 Å². The van der Waals surface area contributed by atoms with Gasteiger partial charge in [-0.3, -0.25) is 4.79 Å². The Kier molecular flexibility index (Phi) is 17.6. The lowest BCUT2D eigenvalue weighted by Crippen LogP contribution is -2.33. The number of phenolic OH excluding ortho intramolecular Hbond substituents is 2. The van der Waals surface area contributed by atoms with Gasteiger partial charge in [-0.1, -0.05) is 96.8 Å². The number of aryl methyl sites for hydroxylation is 1. The van der Waals surface area contributed by atoms with Crippen molar-refractivity contribution in [3.63, 3.8) is 0 Å². The zero-order valence-electron chi connectivity index (χ0n) is 22.3. The monoisotopic (exact) mass is 511 g/mol. The summed E-state index contributed by atoms with van der Waals surface area (Å²) in [6.45, 7) is 2.27. The maximum Gasteiger partial charge on any atom is 0.323 e. The molecule has 0 bridgehead atoms. The Labute approximate surface area is 217 Å². The van der Waals surface area contributed by atoms with Crippen molar-refractivity contribution in [2.24, 2.45) is 5.73 Å². The molecule has 7 heteroatoms. The highest BCUT2D eigenvalue weighted by molar-refractivity contribution is 7.99. The quantitative estimate of drug-likeness (QED) is 0.0699. The number of hydrogen-bond donors (Lipinski definition) is 3. The average molecular weight is 512 g/mol. The minimum atomic E-state index is -0.823. The van der Waals surface area contributed by atoms with Gasteiger partial charge in [0.15, 0.2) is 11.5 Å². The first-order chi connectivity index (χ1) is 17.0. The van der Waals surface area contributed by atoms with Crippen molar-refractivity contribution >= 4 is 17.7 Å². The molecule has 0 amide bonds. The van der Waals surface area contributed by atoms with Crippen LogP contribution in [-0.2, 0) is 16.0 Å². The molecule has 1 atom stereocenters. The van der Waals surface area contributed by atoms with Gasteiger partial charge < -0.3 is 25.4 Å². The number of carbonyl (C=O) groups is 1. The van der Waals surface area contributed by atoms with E-state index in [2.05, 4.69) is 11.7 Å². The van der Waals surface area contributed by atoms with Crippen molar-refractivity contribution in [2.75, 3.05) is 20.0 Å². The molecule has 0 aliphatic carbocycles. The summed E-state index contributed by atoms with van der Waals surface area (Å²) in [4.78, 5) is 11.9. The lowest BCUT2D eigenvalue weighted by Gasteiger charge is -2.16. The summed E-state index contributed by atoms with van der Waals surface area (Å²) in [6, 6.07) is 0.768. The molecule has 1 aromatic carbocycles. The summed E-state index contributed by atoms with van der Waals surface area (Å²) in [5, 5.41) is 21.2. The predicted octanol–water partition coefficient (Wildman–Crippen LogP) is 7.11. The van der Waals surface area contributed by atoms with Crippen molar-refractivity contribution in [3.8, 4) is 17.2 Å². The van der Waals surface area contributed by atoms with Crippen LogP contribution in [0.25, 0.3) is 0 Å². The molecule has 1 aromatic rings. The van der Waals surface area contributed by atoms with E-state index >= 15 is 0 Å². The number of phenols is 2. The van der Waals surface area contributed by atoms with Gasteiger partial charge in [-0.25, -0.2) is 0 Å². The fraction of sp³-hybridized carbons (Fsp3) is 0.750. The summed E-state index contributed by atoms with van der Waals surface area (Å²) in [6.07, 6.45) is 20.3. The molecule has 35 heavy (non-hydrogen) atoms. The van der Waals surface area contributed by atoms with Gasteiger partial charge in [-0.15, -0.1) is 11.8 Å². The smallest absolute Gasteiger partial charge is 0.323 e. The van der Waals surface area contributed by atoms with Gasteiger partial charge in [0.2, 0.25) is 0 Å². The molecule has 0 spiro atoms. The molecule has 0 aliphatic rings. The number of aromatic hydroxyl groups is 2. The van der Waals surface area contributed by atoms with E-state index < -0.39 is 12.0 Å². The van der Waals surface area contributed by atoms with Crippen LogP contribution in [0.15, 0.2) is 11.0 Å². The second-order valence-corrected chi connectivity index (χ2v) is 10.4. The molecule has 0 fully saturated rings. The highest BCUT2D eigenvalue weighted by atomic mass is 32.2. The molecule has 0 unspecified atom stereocenters. The normalized spacial score (nSPS) is 12.0. The Bertz CT molecular complexity index is 713. The van der Waals surface area contributed by atoms with Crippen LogP contribution in [0.3, 0.4) is 0 Å². The first-order valence-electron chi connectivity index (χ1n) is 13.5. The van der Waals surface area contributed by atoms with Crippen molar-refractivity contribution < 1.29 is 24.5 Å². The van der Waals surface area contributed by atoms with Gasteiger partial charge in [0, 0.05) is 11.3 Å². The van der Waals surface area contributed by atoms with E-state index in [9.17, 15) is 15.0 Å². The number of rotatable bonds is 21. The highest BCUT2D eigenvalue weighted by Gasteiger charge is 2.21. The number of hydrogen-bond acceptors (Lipinski definition) is 7. The molecule has 0 heterocycles. The first kappa shape index (κ1) is 31.4. The Morgan fingerprint density at radius 1 is 0.886 bits per heavy atom. The van der Waals surface area contributed by atoms with Crippen molar-refractivity contribution in [1.29, 1.82) is 0 Å². The van der Waals surface area contributed by atoms with Crippen LogP contribution in [0.2, 0.25) is 0 Å². The van der Waals surface area contributed by atoms with E-state index in [1.165, 1.54) is 97.7 Å². The van der Waals surface area contributed by atoms with Gasteiger partial charge in [0.25, 0.3) is 0 Å². The largest absolute Gasteiger partial charge is 0.507 e. The number of methoxy groups -OCH3 is 2. The number of esters is 1. The Morgan fingerprint density at radius 3 is 1.83 bits per heavy atom. The van der Waals surface area contributed by atoms with Crippen molar-refractivity contribution in [2.45, 2.75) is 121 Å². The molecule has 6 nitrogen and oxygen atoms in total. The van der Waals surface area contributed by atoms with Crippen LogP contribution in [-0.4, -0.2) is 42.2 Å². The van der Waals surface area contributed by atoms with Crippen LogP contribution in [0.4, 0.5) is 0 Å². The lowest BCUT2D eigenvalue weighted by atomic mass is 10.0. The molecule has 0 aromatic heterocycles. The summed E-state index contributed by atoms with van der Waals surface area (Å²) in [5.74, 6) is -0.0236. The molecule has 0 aliphatic heterocycles. The van der Waals surface area contributed by atoms with E-state index in [1.54, 1.807) is 6.07 Å². The predicted molar refractivity (Wildman–Crippen MR) is 146 cm³/mol. The maximum absolute atomic E-state index is 11.5. The van der Waals surface area contributed by atoms with Gasteiger partial charge in [0.1, 0.15) is 11.8 Å². The molecule has 202 valence electrons. The molecular formula is C28H49NO5S. The number of nitrogens with two attached hydrogens (primary N) is 1. The lowest BCUT2D eigenvalue weighted by molar-refractivity contribution is -0.141. The van der Waals surface area contributed by atoms with E-state index in [-0.39, 0.29) is 23.0 Å². The third-order valence-electron chi connectivity index (χ3n) is 6.43. The molecule has 0 saturated carbocycles. The number of thioether (sulfide) groups is 1. The van der Waals surface area contributed by atoms with E-state index in [0.717, 1.165) is 24.6 Å². The van der Waals surface area contributed by atoms with Crippen LogP contribution >= 0.6 is 11.8 Å². The SMILES string of the molecule is CCCCCCCCCCCCCCCCCc1cc(O)c(SC[C@H](N)C(=O)OC)c(OC)c1O.